The Kier molecular flexibility index (Phi) is 3.53. The summed E-state index contributed by atoms with van der Waals surface area (Å²) >= 11 is 0. The van der Waals surface area contributed by atoms with E-state index in [1.165, 1.54) is 0 Å². The lowest BCUT2D eigenvalue weighted by Crippen LogP contribution is -2.41. The molecule has 0 spiro atoms. The van der Waals surface area contributed by atoms with Crippen molar-refractivity contribution in [1.82, 2.24) is 29.7 Å². The molecule has 1 atom stereocenters. The van der Waals surface area contributed by atoms with Crippen molar-refractivity contribution >= 4 is 11.6 Å². The first-order chi connectivity index (χ1) is 11.6. The van der Waals surface area contributed by atoms with E-state index in [0.717, 1.165) is 5.56 Å². The van der Waals surface area contributed by atoms with Crippen molar-refractivity contribution in [1.29, 1.82) is 0 Å². The number of carbonyl (C=O) groups is 1. The van der Waals surface area contributed by atoms with Gasteiger partial charge in [0, 0.05) is 37.3 Å². The van der Waals surface area contributed by atoms with Gasteiger partial charge in [-0.3, -0.25) is 9.48 Å². The molecule has 1 fully saturated rings. The van der Waals surface area contributed by atoms with E-state index in [2.05, 4.69) is 20.5 Å². The molecular weight excluding hydrogens is 308 g/mol. The zero-order valence-corrected chi connectivity index (χ0v) is 13.2. The number of nitrogens with one attached hydrogen (secondary N) is 1. The van der Waals surface area contributed by atoms with E-state index >= 15 is 0 Å². The van der Waals surface area contributed by atoms with Gasteiger partial charge in [-0.05, 0) is 24.8 Å². The highest BCUT2D eigenvalue weighted by atomic mass is 16.3. The van der Waals surface area contributed by atoms with Gasteiger partial charge in [0.15, 0.2) is 11.3 Å². The molecule has 3 aromatic heterocycles. The summed E-state index contributed by atoms with van der Waals surface area (Å²) in [6.07, 6.45) is 8.11. The van der Waals surface area contributed by atoms with Crippen LogP contribution < -0.4 is 5.32 Å². The smallest absolute Gasteiger partial charge is 0.272 e. The second-order valence-corrected chi connectivity index (χ2v) is 6.24. The topological polar surface area (TPSA) is 97.3 Å². The molecular formula is C16H18N6O2. The van der Waals surface area contributed by atoms with Crippen LogP contribution in [0.5, 0.6) is 0 Å². The first-order valence-electron chi connectivity index (χ1n) is 7.88. The summed E-state index contributed by atoms with van der Waals surface area (Å²) in [7, 11) is 1.84. The average Bonchev–Trinajstić information content (AvgIpc) is 3.15. The minimum atomic E-state index is -0.287. The maximum absolute atomic E-state index is 12.6. The van der Waals surface area contributed by atoms with Crippen LogP contribution in [-0.2, 0) is 7.05 Å². The van der Waals surface area contributed by atoms with Crippen LogP contribution in [0, 0.1) is 5.92 Å². The summed E-state index contributed by atoms with van der Waals surface area (Å²) in [5, 5.41) is 21.1. The maximum atomic E-state index is 12.6. The number of aliphatic hydroxyl groups is 1. The van der Waals surface area contributed by atoms with Crippen LogP contribution >= 0.6 is 0 Å². The lowest BCUT2D eigenvalue weighted by Gasteiger charge is -2.37. The number of amides is 1. The molecule has 0 aliphatic heterocycles. The van der Waals surface area contributed by atoms with Gasteiger partial charge in [-0.1, -0.05) is 0 Å². The first-order valence-corrected chi connectivity index (χ1v) is 7.88. The lowest BCUT2D eigenvalue weighted by molar-refractivity contribution is 0.0234. The molecule has 8 heteroatoms. The van der Waals surface area contributed by atoms with E-state index in [0.29, 0.717) is 24.2 Å². The van der Waals surface area contributed by atoms with Gasteiger partial charge in [0.2, 0.25) is 0 Å². The summed E-state index contributed by atoms with van der Waals surface area (Å²) in [6, 6.07) is 3.23. The molecule has 1 unspecified atom stereocenters. The number of rotatable bonds is 4. The Morgan fingerprint density at radius 2 is 2.29 bits per heavy atom. The van der Waals surface area contributed by atoms with Gasteiger partial charge in [0.1, 0.15) is 0 Å². The van der Waals surface area contributed by atoms with Crippen LogP contribution in [-0.4, -0.2) is 41.5 Å². The van der Waals surface area contributed by atoms with Crippen LogP contribution in [0.2, 0.25) is 0 Å². The number of fused-ring (bicyclic) bond motifs is 1. The standard InChI is InChI=1S/C16H18N6O2/c1-21-9-11(8-18-21)15(10-5-12(23)6-10)19-16(24)13-7-14-17-3-2-4-22(14)20-13/h2-4,7-10,12,15,23H,5-6H2,1H3,(H,19,24). The highest BCUT2D eigenvalue weighted by molar-refractivity contribution is 5.93. The van der Waals surface area contributed by atoms with Crippen molar-refractivity contribution in [2.24, 2.45) is 13.0 Å². The molecule has 124 valence electrons. The molecule has 4 rings (SSSR count). The van der Waals surface area contributed by atoms with Crippen molar-refractivity contribution in [2.45, 2.75) is 25.0 Å². The van der Waals surface area contributed by atoms with Crippen LogP contribution in [0.4, 0.5) is 0 Å². The van der Waals surface area contributed by atoms with Gasteiger partial charge < -0.3 is 10.4 Å². The highest BCUT2D eigenvalue weighted by Crippen LogP contribution is 2.38. The number of aliphatic hydroxyl groups excluding tert-OH is 1. The van der Waals surface area contributed by atoms with E-state index in [-0.39, 0.29) is 24.0 Å². The second kappa shape index (κ2) is 5.72. The lowest BCUT2D eigenvalue weighted by atomic mass is 9.75. The van der Waals surface area contributed by atoms with E-state index in [1.54, 1.807) is 39.9 Å². The number of nitrogens with zero attached hydrogens (tertiary/aromatic N) is 5. The largest absolute Gasteiger partial charge is 0.393 e. The third kappa shape index (κ3) is 2.65. The number of hydrogen-bond donors (Lipinski definition) is 2. The fourth-order valence-corrected chi connectivity index (χ4v) is 3.13. The van der Waals surface area contributed by atoms with Gasteiger partial charge in [0.25, 0.3) is 5.91 Å². The minimum absolute atomic E-state index is 0.188. The fourth-order valence-electron chi connectivity index (χ4n) is 3.13. The molecule has 0 bridgehead atoms. The SMILES string of the molecule is Cn1cc(C(NC(=O)c2cc3ncccn3n2)C2CC(O)C2)cn1. The predicted octanol–water partition coefficient (Wildman–Crippen LogP) is 0.705. The molecule has 3 aromatic rings. The summed E-state index contributed by atoms with van der Waals surface area (Å²) in [6.45, 7) is 0. The Morgan fingerprint density at radius 3 is 2.96 bits per heavy atom. The van der Waals surface area contributed by atoms with Crippen molar-refractivity contribution in [3.63, 3.8) is 0 Å². The Hall–Kier alpha value is -2.74. The van der Waals surface area contributed by atoms with Gasteiger partial charge in [-0.25, -0.2) is 9.50 Å². The number of aryl methyl sites for hydroxylation is 1. The Bertz CT molecular complexity index is 846. The molecule has 1 amide bonds. The first kappa shape index (κ1) is 14.8. The minimum Gasteiger partial charge on any atom is -0.393 e. The third-order valence-corrected chi connectivity index (χ3v) is 4.46. The van der Waals surface area contributed by atoms with Crippen LogP contribution in [0.1, 0.15) is 34.9 Å². The number of aromatic nitrogens is 5. The molecule has 0 radical (unpaired) electrons. The predicted molar refractivity (Wildman–Crippen MR) is 85.1 cm³/mol. The molecule has 8 nitrogen and oxygen atoms in total. The van der Waals surface area contributed by atoms with Crippen molar-refractivity contribution in [3.8, 4) is 0 Å². The fraction of sp³-hybridized carbons (Fsp3) is 0.375. The van der Waals surface area contributed by atoms with Crippen LogP contribution in [0.15, 0.2) is 36.9 Å². The monoisotopic (exact) mass is 326 g/mol. The van der Waals surface area contributed by atoms with E-state index < -0.39 is 0 Å². The molecule has 0 saturated heterocycles. The zero-order valence-electron chi connectivity index (χ0n) is 13.2. The molecule has 0 aromatic carbocycles. The van der Waals surface area contributed by atoms with Crippen molar-refractivity contribution in [3.05, 3.63) is 48.2 Å². The maximum Gasteiger partial charge on any atom is 0.272 e. The Labute approximate surface area is 138 Å². The number of carbonyl (C=O) groups excluding carboxylic acids is 1. The van der Waals surface area contributed by atoms with Crippen molar-refractivity contribution < 1.29 is 9.90 Å². The molecule has 2 N–H and O–H groups in total. The highest BCUT2D eigenvalue weighted by Gasteiger charge is 2.36. The van der Waals surface area contributed by atoms with Gasteiger partial charge >= 0.3 is 0 Å². The van der Waals surface area contributed by atoms with Gasteiger partial charge in [0.05, 0.1) is 18.3 Å². The molecule has 1 aliphatic rings. The Balaban J connectivity index is 1.58. The van der Waals surface area contributed by atoms with E-state index in [4.69, 9.17) is 0 Å². The van der Waals surface area contributed by atoms with Crippen LogP contribution in [0.25, 0.3) is 5.65 Å². The summed E-state index contributed by atoms with van der Waals surface area (Å²) < 4.78 is 3.28. The van der Waals surface area contributed by atoms with E-state index in [9.17, 15) is 9.90 Å². The normalized spacial score (nSPS) is 21.4. The average molecular weight is 326 g/mol. The van der Waals surface area contributed by atoms with Gasteiger partial charge in [-0.15, -0.1) is 0 Å². The zero-order chi connectivity index (χ0) is 16.7. The van der Waals surface area contributed by atoms with Crippen LogP contribution in [0.3, 0.4) is 0 Å². The van der Waals surface area contributed by atoms with E-state index in [1.807, 2.05) is 13.2 Å². The summed E-state index contributed by atoms with van der Waals surface area (Å²) in [4.78, 5) is 16.8. The number of hydrogen-bond acceptors (Lipinski definition) is 5. The second-order valence-electron chi connectivity index (χ2n) is 6.24. The molecule has 24 heavy (non-hydrogen) atoms. The summed E-state index contributed by atoms with van der Waals surface area (Å²) in [5.41, 5.74) is 1.88. The van der Waals surface area contributed by atoms with Gasteiger partial charge in [-0.2, -0.15) is 10.2 Å². The Morgan fingerprint density at radius 1 is 1.46 bits per heavy atom. The summed E-state index contributed by atoms with van der Waals surface area (Å²) in [5.74, 6) is -0.0564. The molecule has 3 heterocycles. The molecule has 1 saturated carbocycles. The quantitative estimate of drug-likeness (QED) is 0.736. The molecule has 1 aliphatic carbocycles. The third-order valence-electron chi connectivity index (χ3n) is 4.46. The van der Waals surface area contributed by atoms with Crippen molar-refractivity contribution in [2.75, 3.05) is 0 Å².